The van der Waals surface area contributed by atoms with Gasteiger partial charge in [0, 0.05) is 0 Å². The van der Waals surface area contributed by atoms with Gasteiger partial charge in [-0.3, -0.25) is 0 Å². The van der Waals surface area contributed by atoms with Gasteiger partial charge >= 0.3 is 0 Å². The van der Waals surface area contributed by atoms with E-state index < -0.39 is 49.9 Å². The molecule has 22 heavy (non-hydrogen) atoms. The lowest BCUT2D eigenvalue weighted by atomic mass is 10.7. The fourth-order valence-electron chi connectivity index (χ4n) is 1.28. The summed E-state index contributed by atoms with van der Waals surface area (Å²) in [5, 5.41) is 0. The van der Waals surface area contributed by atoms with Crippen LogP contribution in [0.1, 0.15) is 0 Å². The molecule has 0 saturated heterocycles. The molecule has 0 aromatic carbocycles. The van der Waals surface area contributed by atoms with Crippen molar-refractivity contribution >= 4 is 29.5 Å². The summed E-state index contributed by atoms with van der Waals surface area (Å²) in [6.07, 6.45) is 0.237. The molecule has 12 heteroatoms. The van der Waals surface area contributed by atoms with Crippen molar-refractivity contribution < 1.29 is 38.4 Å². The van der Waals surface area contributed by atoms with E-state index in [1.54, 1.807) is 0 Å². The lowest BCUT2D eigenvalue weighted by Gasteiger charge is -2.21. The molecule has 0 fully saturated rings. The predicted molar refractivity (Wildman–Crippen MR) is 75.8 cm³/mol. The first-order valence-electron chi connectivity index (χ1n) is 5.29. The normalized spacial score (nSPS) is 18.7. The van der Waals surface area contributed by atoms with E-state index in [2.05, 4.69) is 19.7 Å². The standard InChI is InChI=1S/C10H13F3O6S3/c1-4-7(11)20(14,15)10(21(16,17)8(12)5-2)22(18,19)9(13)6-3/h4-10H,1-3H2. The topological polar surface area (TPSA) is 102 Å². The summed E-state index contributed by atoms with van der Waals surface area (Å²) >= 11 is 0. The van der Waals surface area contributed by atoms with Crippen molar-refractivity contribution in [1.82, 2.24) is 0 Å². The summed E-state index contributed by atoms with van der Waals surface area (Å²) in [6.45, 7) is 8.20. The molecule has 128 valence electrons. The molecule has 0 radical (unpaired) electrons. The van der Waals surface area contributed by atoms with Crippen LogP contribution < -0.4 is 0 Å². The molecule has 3 unspecified atom stereocenters. The Morgan fingerprint density at radius 3 is 0.909 bits per heavy atom. The van der Waals surface area contributed by atoms with Crippen LogP contribution in [0.25, 0.3) is 0 Å². The maximum atomic E-state index is 13.4. The third-order valence-corrected chi connectivity index (χ3v) is 11.2. The minimum absolute atomic E-state index is 0.0790. The summed E-state index contributed by atoms with van der Waals surface area (Å²) in [7, 11) is -17.1. The van der Waals surface area contributed by atoms with E-state index in [0.717, 1.165) is 0 Å². The Balaban J connectivity index is 6.72. The van der Waals surface area contributed by atoms with Gasteiger partial charge in [0.25, 0.3) is 3.91 Å². The van der Waals surface area contributed by atoms with Crippen LogP contribution in [0.15, 0.2) is 38.0 Å². The van der Waals surface area contributed by atoms with Gasteiger partial charge in [0.1, 0.15) is 0 Å². The number of alkyl halides is 3. The minimum atomic E-state index is -5.71. The van der Waals surface area contributed by atoms with Crippen LogP contribution in [-0.2, 0) is 29.5 Å². The van der Waals surface area contributed by atoms with Gasteiger partial charge in [0.2, 0.25) is 46.0 Å². The molecule has 0 aliphatic carbocycles. The zero-order chi connectivity index (χ0) is 17.9. The summed E-state index contributed by atoms with van der Waals surface area (Å²) in [6, 6.07) is 0. The highest BCUT2D eigenvalue weighted by molar-refractivity contribution is 8.24. The van der Waals surface area contributed by atoms with E-state index in [9.17, 15) is 38.4 Å². The van der Waals surface area contributed by atoms with Crippen molar-refractivity contribution in [3.63, 3.8) is 0 Å². The molecule has 0 saturated carbocycles. The van der Waals surface area contributed by atoms with Crippen LogP contribution in [0.4, 0.5) is 13.2 Å². The van der Waals surface area contributed by atoms with Crippen LogP contribution in [-0.4, -0.2) is 45.7 Å². The van der Waals surface area contributed by atoms with Crippen molar-refractivity contribution in [2.24, 2.45) is 0 Å². The summed E-state index contributed by atoms with van der Waals surface area (Å²) in [5.41, 5.74) is -9.51. The third-order valence-electron chi connectivity index (χ3n) is 2.30. The van der Waals surface area contributed by atoms with Crippen molar-refractivity contribution in [2.75, 3.05) is 0 Å². The van der Waals surface area contributed by atoms with Crippen molar-refractivity contribution in [1.29, 1.82) is 0 Å². The average Bonchev–Trinajstić information content (AvgIpc) is 2.42. The zero-order valence-electron chi connectivity index (χ0n) is 11.0. The smallest absolute Gasteiger partial charge is 0.225 e. The first-order chi connectivity index (χ1) is 9.81. The molecule has 0 aliphatic rings. The molecule has 0 N–H and O–H groups in total. The van der Waals surface area contributed by atoms with Crippen LogP contribution >= 0.6 is 0 Å². The Labute approximate surface area is 126 Å². The summed E-state index contributed by atoms with van der Waals surface area (Å²) < 4.78 is 107. The van der Waals surface area contributed by atoms with Gasteiger partial charge in [-0.15, -0.1) is 0 Å². The highest BCUT2D eigenvalue weighted by Crippen LogP contribution is 2.30. The Morgan fingerprint density at radius 2 is 0.773 bits per heavy atom. The Hall–Kier alpha value is -1.14. The fraction of sp³-hybridized carbons (Fsp3) is 0.400. The molecule has 0 aliphatic heterocycles. The zero-order valence-corrected chi connectivity index (χ0v) is 13.4. The molecular weight excluding hydrogens is 369 g/mol. The van der Waals surface area contributed by atoms with E-state index in [-0.39, 0.29) is 18.2 Å². The number of sulfone groups is 3. The molecule has 0 aromatic heterocycles. The third kappa shape index (κ3) is 3.60. The number of rotatable bonds is 9. The van der Waals surface area contributed by atoms with Gasteiger partial charge < -0.3 is 0 Å². The molecule has 0 rings (SSSR count). The Morgan fingerprint density at radius 1 is 0.591 bits per heavy atom. The molecule has 0 amide bonds. The molecule has 3 atom stereocenters. The van der Waals surface area contributed by atoms with Crippen molar-refractivity contribution in [3.8, 4) is 0 Å². The lowest BCUT2D eigenvalue weighted by Crippen LogP contribution is -2.46. The van der Waals surface area contributed by atoms with E-state index in [1.165, 1.54) is 0 Å². The minimum Gasteiger partial charge on any atom is -0.225 e. The van der Waals surface area contributed by atoms with E-state index in [1.807, 2.05) is 0 Å². The second kappa shape index (κ2) is 6.96. The average molecular weight is 382 g/mol. The molecule has 0 spiro atoms. The molecule has 0 aromatic rings. The van der Waals surface area contributed by atoms with E-state index >= 15 is 0 Å². The molecule has 0 heterocycles. The van der Waals surface area contributed by atoms with Crippen LogP contribution in [0.2, 0.25) is 0 Å². The maximum absolute atomic E-state index is 13.4. The van der Waals surface area contributed by atoms with Crippen molar-refractivity contribution in [3.05, 3.63) is 38.0 Å². The molecular formula is C10H13F3O6S3. The highest BCUT2D eigenvalue weighted by atomic mass is 32.3. The maximum Gasteiger partial charge on any atom is 0.272 e. The number of hydrogen-bond acceptors (Lipinski definition) is 6. The second-order valence-electron chi connectivity index (χ2n) is 3.82. The lowest BCUT2D eigenvalue weighted by molar-refractivity contribution is 0.455. The first kappa shape index (κ1) is 20.9. The van der Waals surface area contributed by atoms with Gasteiger partial charge in [-0.2, -0.15) is 0 Å². The molecule has 6 nitrogen and oxygen atoms in total. The van der Waals surface area contributed by atoms with Gasteiger partial charge in [0.15, 0.2) is 0 Å². The predicted octanol–water partition coefficient (Wildman–Crippen LogP) is 0.959. The number of hydrogen-bond donors (Lipinski definition) is 0. The van der Waals surface area contributed by atoms with E-state index in [4.69, 9.17) is 0 Å². The number of halogens is 3. The summed E-state index contributed by atoms with van der Waals surface area (Å²) in [5.74, 6) is 0. The SMILES string of the molecule is C=CC(F)S(=O)(=O)C(S(=O)(=O)C(F)C=C)S(=O)(=O)C(F)C=C. The van der Waals surface area contributed by atoms with Crippen LogP contribution in [0.5, 0.6) is 0 Å². The van der Waals surface area contributed by atoms with Crippen LogP contribution in [0.3, 0.4) is 0 Å². The van der Waals surface area contributed by atoms with Gasteiger partial charge in [-0.25, -0.2) is 38.4 Å². The summed E-state index contributed by atoms with van der Waals surface area (Å²) in [4.78, 5) is 0. The largest absolute Gasteiger partial charge is 0.272 e. The quantitative estimate of drug-likeness (QED) is 0.551. The highest BCUT2D eigenvalue weighted by Gasteiger charge is 2.56. The Kier molecular flexibility index (Phi) is 6.60. The van der Waals surface area contributed by atoms with E-state index in [0.29, 0.717) is 0 Å². The Bertz CT molecular complexity index is 649. The van der Waals surface area contributed by atoms with Crippen LogP contribution in [0, 0.1) is 0 Å². The second-order valence-corrected chi connectivity index (χ2v) is 11.0. The molecule has 0 bridgehead atoms. The monoisotopic (exact) mass is 382 g/mol. The van der Waals surface area contributed by atoms with Gasteiger partial charge in [-0.05, 0) is 18.2 Å². The fourth-order valence-corrected chi connectivity index (χ4v) is 9.12. The van der Waals surface area contributed by atoms with Gasteiger partial charge in [0.05, 0.1) is 0 Å². The first-order valence-corrected chi connectivity index (χ1v) is 10.1. The van der Waals surface area contributed by atoms with Gasteiger partial charge in [-0.1, -0.05) is 19.7 Å². The van der Waals surface area contributed by atoms with Crippen molar-refractivity contribution in [2.45, 2.75) is 20.4 Å².